The Kier molecular flexibility index (Phi) is 12.0. The van der Waals surface area contributed by atoms with Crippen LogP contribution in [0.5, 0.6) is 0 Å². The topological polar surface area (TPSA) is 153 Å². The summed E-state index contributed by atoms with van der Waals surface area (Å²) in [5.41, 5.74) is 3.10. The number of aromatic nitrogens is 4. The van der Waals surface area contributed by atoms with Gasteiger partial charge in [-0.1, -0.05) is 41.9 Å². The second kappa shape index (κ2) is 16.3. The number of amides is 3. The molecule has 2 aliphatic carbocycles. The molecule has 5 rings (SSSR count). The fourth-order valence-electron chi connectivity index (χ4n) is 5.90. The first-order valence-electron chi connectivity index (χ1n) is 17.0. The zero-order valence-electron chi connectivity index (χ0n) is 28.7. The molecule has 0 saturated heterocycles. The summed E-state index contributed by atoms with van der Waals surface area (Å²) in [6.45, 7) is 5.60. The molecule has 3 amide bonds. The predicted molar refractivity (Wildman–Crippen MR) is 186 cm³/mol. The zero-order chi connectivity index (χ0) is 35.0. The minimum atomic E-state index is -0.613. The number of aryl methyl sites for hydroxylation is 1. The van der Waals surface area contributed by atoms with E-state index in [4.69, 9.17) is 26.1 Å². The number of benzene rings is 1. The van der Waals surface area contributed by atoms with Gasteiger partial charge in [0.1, 0.15) is 5.60 Å². The van der Waals surface area contributed by atoms with E-state index in [1.807, 2.05) is 48.3 Å². The maximum absolute atomic E-state index is 13.4. The normalized spacial score (nSPS) is 17.6. The summed E-state index contributed by atoms with van der Waals surface area (Å²) < 4.78 is 12.6. The summed E-state index contributed by atoms with van der Waals surface area (Å²) >= 11 is 6.58. The number of hydrogen-bond donors (Lipinski definition) is 3. The monoisotopic (exact) mass is 694 g/mol. The molecule has 3 aromatic rings. The molecule has 2 saturated carbocycles. The van der Waals surface area contributed by atoms with Crippen LogP contribution in [-0.2, 0) is 34.3 Å². The first-order valence-corrected chi connectivity index (χ1v) is 17.3. The number of nitrogens with one attached hydrogen (secondary N) is 3. The van der Waals surface area contributed by atoms with E-state index in [0.717, 1.165) is 48.9 Å². The van der Waals surface area contributed by atoms with Crippen molar-refractivity contribution in [2.75, 3.05) is 25.0 Å². The predicted octanol–water partition coefficient (Wildman–Crippen LogP) is 5.49. The van der Waals surface area contributed by atoms with Gasteiger partial charge in [-0.05, 0) is 77.2 Å². The van der Waals surface area contributed by atoms with Gasteiger partial charge in [-0.3, -0.25) is 9.48 Å². The number of nitrogens with zero attached hydrogens (tertiary/aromatic N) is 5. The minimum Gasteiger partial charge on any atom is -0.444 e. The number of rotatable bonds is 13. The standard InChI is InChI=1S/C35H47ClN8O5/c1-35(2,3)49-33(46)38-17-16-37-30(45)22-48-34(47)44(21-24-8-6-5-7-9-24)26-14-12-25(13-15-26)41-32-39-20-28(36)31(42-32)27-19-40-43(4)29(27)18-23-10-11-23/h5-9,19-20,23,25-26H,10-18,21-22H2,1-4H3,(H,37,45)(H,38,46)(H,39,41,42). The quantitative estimate of drug-likeness (QED) is 0.197. The molecule has 0 radical (unpaired) electrons. The van der Waals surface area contributed by atoms with Gasteiger partial charge >= 0.3 is 12.2 Å². The lowest BCUT2D eigenvalue weighted by atomic mass is 9.90. The number of hydrogen-bond acceptors (Lipinski definition) is 9. The fraction of sp³-hybridized carbons (Fsp3) is 0.543. The van der Waals surface area contributed by atoms with Crippen molar-refractivity contribution < 1.29 is 23.9 Å². The molecule has 0 aliphatic heterocycles. The van der Waals surface area contributed by atoms with Crippen molar-refractivity contribution in [1.82, 2.24) is 35.3 Å². The lowest BCUT2D eigenvalue weighted by molar-refractivity contribution is -0.124. The smallest absolute Gasteiger partial charge is 0.410 e. The van der Waals surface area contributed by atoms with E-state index in [1.165, 1.54) is 12.8 Å². The summed E-state index contributed by atoms with van der Waals surface area (Å²) in [6, 6.07) is 9.75. The molecule has 1 aromatic carbocycles. The first kappa shape index (κ1) is 35.9. The average Bonchev–Trinajstić information content (AvgIpc) is 3.82. The fourth-order valence-corrected chi connectivity index (χ4v) is 6.10. The van der Waals surface area contributed by atoms with Gasteiger partial charge in [0, 0.05) is 50.0 Å². The Bertz CT molecular complexity index is 1580. The van der Waals surface area contributed by atoms with E-state index < -0.39 is 30.3 Å². The van der Waals surface area contributed by atoms with E-state index in [1.54, 1.807) is 31.9 Å². The molecule has 0 spiro atoms. The van der Waals surface area contributed by atoms with Gasteiger partial charge in [-0.2, -0.15) is 5.10 Å². The Morgan fingerprint density at radius 2 is 1.71 bits per heavy atom. The van der Waals surface area contributed by atoms with E-state index >= 15 is 0 Å². The summed E-state index contributed by atoms with van der Waals surface area (Å²) in [5, 5.41) is 13.7. The Morgan fingerprint density at radius 3 is 2.41 bits per heavy atom. The molecule has 0 bridgehead atoms. The van der Waals surface area contributed by atoms with Crippen molar-refractivity contribution >= 4 is 35.6 Å². The zero-order valence-corrected chi connectivity index (χ0v) is 29.5. The molecular weight excluding hydrogens is 648 g/mol. The van der Waals surface area contributed by atoms with Crippen LogP contribution in [0.25, 0.3) is 11.3 Å². The molecule has 264 valence electrons. The van der Waals surface area contributed by atoms with E-state index in [2.05, 4.69) is 26.0 Å². The van der Waals surface area contributed by atoms with Crippen LogP contribution < -0.4 is 16.0 Å². The molecule has 2 fully saturated rings. The third-order valence-electron chi connectivity index (χ3n) is 8.58. The summed E-state index contributed by atoms with van der Waals surface area (Å²) in [7, 11) is 1.95. The maximum atomic E-state index is 13.4. The summed E-state index contributed by atoms with van der Waals surface area (Å²) in [6.07, 6.45) is 8.83. The number of halogens is 1. The van der Waals surface area contributed by atoms with Crippen molar-refractivity contribution in [2.45, 2.75) is 89.9 Å². The Labute approximate surface area is 292 Å². The highest BCUT2D eigenvalue weighted by Crippen LogP contribution is 2.37. The van der Waals surface area contributed by atoms with Crippen LogP contribution in [0.15, 0.2) is 42.7 Å². The minimum absolute atomic E-state index is 0.0751. The number of carbonyl (C=O) groups excluding carboxylic acids is 3. The van der Waals surface area contributed by atoms with Gasteiger partial charge in [0.2, 0.25) is 5.95 Å². The Hall–Kier alpha value is -4.39. The van der Waals surface area contributed by atoms with Crippen molar-refractivity contribution in [3.8, 4) is 11.3 Å². The molecule has 3 N–H and O–H groups in total. The molecule has 0 unspecified atom stereocenters. The van der Waals surface area contributed by atoms with E-state index in [-0.39, 0.29) is 25.2 Å². The Balaban J connectivity index is 1.14. The largest absolute Gasteiger partial charge is 0.444 e. The number of anilines is 1. The van der Waals surface area contributed by atoms with Crippen molar-refractivity contribution in [2.24, 2.45) is 13.0 Å². The first-order chi connectivity index (χ1) is 23.4. The van der Waals surface area contributed by atoms with Crippen LogP contribution in [0.2, 0.25) is 5.02 Å². The van der Waals surface area contributed by atoms with Crippen molar-refractivity contribution in [1.29, 1.82) is 0 Å². The molecule has 14 heteroatoms. The number of ether oxygens (including phenoxy) is 2. The molecule has 2 aliphatic rings. The highest BCUT2D eigenvalue weighted by Gasteiger charge is 2.31. The third kappa shape index (κ3) is 10.8. The van der Waals surface area contributed by atoms with Gasteiger partial charge in [0.05, 0.1) is 23.1 Å². The van der Waals surface area contributed by atoms with Crippen LogP contribution in [-0.4, -0.2) is 80.1 Å². The molecule has 0 atom stereocenters. The van der Waals surface area contributed by atoms with Crippen molar-refractivity contribution in [3.05, 3.63) is 59.0 Å². The molecule has 13 nitrogen and oxygen atoms in total. The maximum Gasteiger partial charge on any atom is 0.410 e. The number of carbonyl (C=O) groups is 3. The van der Waals surface area contributed by atoms with Crippen LogP contribution in [0.1, 0.15) is 70.6 Å². The van der Waals surface area contributed by atoms with Crippen LogP contribution >= 0.6 is 11.6 Å². The van der Waals surface area contributed by atoms with E-state index in [9.17, 15) is 14.4 Å². The summed E-state index contributed by atoms with van der Waals surface area (Å²) in [4.78, 5) is 48.6. The lowest BCUT2D eigenvalue weighted by Gasteiger charge is -2.36. The van der Waals surface area contributed by atoms with Crippen molar-refractivity contribution in [3.63, 3.8) is 0 Å². The molecule has 2 aromatic heterocycles. The highest BCUT2D eigenvalue weighted by atomic mass is 35.5. The highest BCUT2D eigenvalue weighted by molar-refractivity contribution is 6.33. The van der Waals surface area contributed by atoms with Crippen LogP contribution in [0, 0.1) is 5.92 Å². The second-order valence-corrected chi connectivity index (χ2v) is 14.2. The van der Waals surface area contributed by atoms with E-state index in [0.29, 0.717) is 29.1 Å². The summed E-state index contributed by atoms with van der Waals surface area (Å²) in [5.74, 6) is 0.746. The molecule has 2 heterocycles. The average molecular weight is 695 g/mol. The molecular formula is C35H47ClN8O5. The lowest BCUT2D eigenvalue weighted by Crippen LogP contribution is -2.45. The van der Waals surface area contributed by atoms with Crippen LogP contribution in [0.4, 0.5) is 15.5 Å². The Morgan fingerprint density at radius 1 is 1.00 bits per heavy atom. The molecule has 49 heavy (non-hydrogen) atoms. The second-order valence-electron chi connectivity index (χ2n) is 13.8. The number of alkyl carbamates (subject to hydrolysis) is 1. The SMILES string of the molecule is Cn1ncc(-c2nc(NC3CCC(N(Cc4ccccc4)C(=O)OCC(=O)NCCNC(=O)OC(C)(C)C)CC3)ncc2Cl)c1CC1CC1. The van der Waals surface area contributed by atoms with Gasteiger partial charge in [-0.25, -0.2) is 19.6 Å². The van der Waals surface area contributed by atoms with Gasteiger partial charge < -0.3 is 30.3 Å². The third-order valence-corrected chi connectivity index (χ3v) is 8.86. The van der Waals surface area contributed by atoms with Crippen LogP contribution in [0.3, 0.4) is 0 Å². The van der Waals surface area contributed by atoms with Gasteiger partial charge in [0.25, 0.3) is 5.91 Å². The van der Waals surface area contributed by atoms with Gasteiger partial charge in [-0.15, -0.1) is 0 Å². The van der Waals surface area contributed by atoms with Gasteiger partial charge in [0.15, 0.2) is 6.61 Å².